The van der Waals surface area contributed by atoms with Crippen LogP contribution in [0.4, 0.5) is 0 Å². The SMILES string of the molecule is Brc1cccc2[nH]c3c(c12)C=[CH][Tl][CH2]3. The van der Waals surface area contributed by atoms with Gasteiger partial charge in [-0.25, -0.2) is 0 Å². The van der Waals surface area contributed by atoms with Crippen molar-refractivity contribution in [3.05, 3.63) is 37.6 Å². The third kappa shape index (κ3) is 1.31. The monoisotopic (exact) mass is 438 g/mol. The molecule has 0 amide bonds. The Morgan fingerprint density at radius 3 is 3.21 bits per heavy atom. The summed E-state index contributed by atoms with van der Waals surface area (Å²) in [6.07, 6.45) is 2.32. The van der Waals surface area contributed by atoms with Gasteiger partial charge in [-0.1, -0.05) is 0 Å². The van der Waals surface area contributed by atoms with Crippen LogP contribution in [0.15, 0.2) is 26.3 Å². The van der Waals surface area contributed by atoms with Crippen molar-refractivity contribution in [2.45, 2.75) is 3.98 Å². The molecule has 0 spiro atoms. The molecule has 3 rings (SSSR count). The van der Waals surface area contributed by atoms with Gasteiger partial charge in [-0.3, -0.25) is 0 Å². The van der Waals surface area contributed by atoms with Gasteiger partial charge >= 0.3 is 104 Å². The fraction of sp³-hybridized carbons (Fsp3) is 0.0909. The molecular formula is C11H8BrNTl. The van der Waals surface area contributed by atoms with Crippen LogP contribution in [0, 0.1) is 0 Å². The number of hydrogen-bond acceptors (Lipinski definition) is 0. The molecule has 2 aromatic rings. The first kappa shape index (κ1) is 9.15. The van der Waals surface area contributed by atoms with Gasteiger partial charge in [-0.05, 0) is 0 Å². The maximum atomic E-state index is 3.62. The predicted octanol–water partition coefficient (Wildman–Crippen LogP) is 3.12. The molecule has 0 radical (unpaired) electrons. The van der Waals surface area contributed by atoms with Gasteiger partial charge in [0.15, 0.2) is 0 Å². The molecule has 1 aromatic carbocycles. The van der Waals surface area contributed by atoms with Crippen LogP contribution in [0.25, 0.3) is 17.0 Å². The molecule has 0 unspecified atom stereocenters. The number of halogens is 1. The van der Waals surface area contributed by atoms with E-state index >= 15 is 0 Å². The van der Waals surface area contributed by atoms with Crippen LogP contribution < -0.4 is 0 Å². The van der Waals surface area contributed by atoms with Crippen LogP contribution in [-0.4, -0.2) is 29.2 Å². The maximum absolute atomic E-state index is 3.62. The van der Waals surface area contributed by atoms with E-state index in [0.717, 1.165) is 0 Å². The van der Waals surface area contributed by atoms with E-state index in [2.05, 4.69) is 48.8 Å². The van der Waals surface area contributed by atoms with E-state index < -0.39 is 24.2 Å². The van der Waals surface area contributed by atoms with Crippen LogP contribution in [0.5, 0.6) is 0 Å². The van der Waals surface area contributed by atoms with Gasteiger partial charge in [0.2, 0.25) is 0 Å². The van der Waals surface area contributed by atoms with Crippen LogP contribution in [-0.2, 0) is 3.98 Å². The number of benzene rings is 1. The van der Waals surface area contributed by atoms with Gasteiger partial charge in [0.25, 0.3) is 0 Å². The van der Waals surface area contributed by atoms with E-state index in [9.17, 15) is 0 Å². The predicted molar refractivity (Wildman–Crippen MR) is 64.5 cm³/mol. The molecule has 0 fully saturated rings. The number of aromatic nitrogens is 1. The van der Waals surface area contributed by atoms with Crippen molar-refractivity contribution in [1.29, 1.82) is 0 Å². The standard InChI is InChI=1S/C11H8BrN.Tl/c1-3-8-7(2)13-10-6-4-5-9(12)11(8)10;/h1,3-6,13H,2H2;. The van der Waals surface area contributed by atoms with Crippen molar-refractivity contribution < 1.29 is 0 Å². The van der Waals surface area contributed by atoms with Crippen molar-refractivity contribution in [1.82, 2.24) is 4.98 Å². The molecule has 2 heterocycles. The molecule has 1 aliphatic rings. The Bertz CT molecular complexity index is 527. The molecule has 67 valence electrons. The normalized spacial score (nSPS) is 13.5. The van der Waals surface area contributed by atoms with E-state index in [0.29, 0.717) is 0 Å². The van der Waals surface area contributed by atoms with Crippen LogP contribution in [0.3, 0.4) is 0 Å². The third-order valence-electron chi connectivity index (χ3n) is 2.61. The summed E-state index contributed by atoms with van der Waals surface area (Å²) < 4.78 is 5.00. The molecule has 0 saturated heterocycles. The van der Waals surface area contributed by atoms with Crippen LogP contribution in [0.2, 0.25) is 0 Å². The quantitative estimate of drug-likeness (QED) is 0.609. The summed E-state index contributed by atoms with van der Waals surface area (Å²) in [6, 6.07) is 6.35. The number of aromatic amines is 1. The van der Waals surface area contributed by atoms with Gasteiger partial charge in [-0.2, -0.15) is 0 Å². The van der Waals surface area contributed by atoms with Gasteiger partial charge < -0.3 is 0 Å². The first-order chi connectivity index (χ1) is 6.86. The van der Waals surface area contributed by atoms with Gasteiger partial charge in [0, 0.05) is 0 Å². The Kier molecular flexibility index (Phi) is 2.28. The third-order valence-corrected chi connectivity index (χ3v) is 7.58. The molecule has 0 atom stereocenters. The van der Waals surface area contributed by atoms with E-state index in [1.54, 1.807) is 0 Å². The number of H-pyrrole nitrogens is 1. The summed E-state index contributed by atoms with van der Waals surface area (Å²) in [7, 11) is 0. The summed E-state index contributed by atoms with van der Waals surface area (Å²) in [5.74, 6) is 0. The van der Waals surface area contributed by atoms with Crippen LogP contribution in [0.1, 0.15) is 11.3 Å². The molecular weight excluding hydrogens is 430 g/mol. The summed E-state index contributed by atoms with van der Waals surface area (Å²) in [5, 5.41) is 1.35. The molecule has 0 bridgehead atoms. The second kappa shape index (κ2) is 3.48. The van der Waals surface area contributed by atoms with Crippen LogP contribution >= 0.6 is 15.9 Å². The zero-order valence-electron chi connectivity index (χ0n) is 7.55. The Hall–Kier alpha value is -0.0979. The Balaban J connectivity index is 2.45. The first-order valence-corrected chi connectivity index (χ1v) is 11.2. The Morgan fingerprint density at radius 2 is 2.29 bits per heavy atom. The molecule has 1 aromatic heterocycles. The fourth-order valence-electron chi connectivity index (χ4n) is 1.98. The molecule has 1 aliphatic heterocycles. The Labute approximate surface area is 103 Å². The van der Waals surface area contributed by atoms with Crippen molar-refractivity contribution in [2.75, 3.05) is 0 Å². The second-order valence-corrected chi connectivity index (χ2v) is 9.25. The zero-order valence-corrected chi connectivity index (χ0v) is 13.6. The van der Waals surface area contributed by atoms with E-state index in [1.165, 1.54) is 30.6 Å². The number of fused-ring (bicyclic) bond motifs is 3. The minimum absolute atomic E-state index is 0.553. The van der Waals surface area contributed by atoms with E-state index in [1.807, 2.05) is 0 Å². The second-order valence-electron chi connectivity index (χ2n) is 3.48. The molecule has 14 heavy (non-hydrogen) atoms. The van der Waals surface area contributed by atoms with Crippen molar-refractivity contribution in [2.24, 2.45) is 0 Å². The molecule has 0 saturated carbocycles. The number of rotatable bonds is 0. The van der Waals surface area contributed by atoms with E-state index in [4.69, 9.17) is 0 Å². The topological polar surface area (TPSA) is 15.8 Å². The zero-order chi connectivity index (χ0) is 9.54. The van der Waals surface area contributed by atoms with Crippen molar-refractivity contribution in [3.63, 3.8) is 0 Å². The van der Waals surface area contributed by atoms with Gasteiger partial charge in [-0.15, -0.1) is 0 Å². The van der Waals surface area contributed by atoms with Gasteiger partial charge in [0.05, 0.1) is 0 Å². The number of hydrogen-bond donors (Lipinski definition) is 1. The first-order valence-electron chi connectivity index (χ1n) is 4.65. The van der Waals surface area contributed by atoms with Gasteiger partial charge in [0.1, 0.15) is 0 Å². The number of nitrogens with one attached hydrogen (secondary N) is 1. The molecule has 0 aliphatic carbocycles. The van der Waals surface area contributed by atoms with Crippen molar-refractivity contribution in [3.8, 4) is 0 Å². The van der Waals surface area contributed by atoms with E-state index in [-0.39, 0.29) is 0 Å². The Morgan fingerprint density at radius 1 is 1.36 bits per heavy atom. The minimum atomic E-state index is -0.553. The molecule has 3 heteroatoms. The fourth-order valence-corrected chi connectivity index (χ4v) is 6.53. The molecule has 1 N–H and O–H groups in total. The summed E-state index contributed by atoms with van der Waals surface area (Å²) in [4.78, 5) is 3.53. The average Bonchev–Trinajstić information content (AvgIpc) is 2.57. The van der Waals surface area contributed by atoms with Crippen molar-refractivity contribution >= 4 is 57.1 Å². The summed E-state index contributed by atoms with van der Waals surface area (Å²) in [5.41, 5.74) is 4.14. The summed E-state index contributed by atoms with van der Waals surface area (Å²) in [6.45, 7) is 0. The molecule has 1 nitrogen and oxygen atoms in total. The average molecular weight is 438 g/mol. The summed E-state index contributed by atoms with van der Waals surface area (Å²) >= 11 is 3.07.